The van der Waals surface area contributed by atoms with Crippen molar-refractivity contribution in [3.8, 4) is 12.3 Å². The molecule has 0 aliphatic heterocycles. The van der Waals surface area contributed by atoms with Crippen LogP contribution < -0.4 is 5.32 Å². The molecule has 5 heteroatoms. The zero-order valence-corrected chi connectivity index (χ0v) is 9.79. The molecule has 0 radical (unpaired) electrons. The maximum Gasteiger partial charge on any atom is 0.325 e. The normalized spacial score (nSPS) is 11.8. The Balaban J connectivity index is 3.06. The van der Waals surface area contributed by atoms with E-state index >= 15 is 0 Å². The van der Waals surface area contributed by atoms with Crippen LogP contribution in [0.15, 0.2) is 22.7 Å². The van der Waals surface area contributed by atoms with Crippen molar-refractivity contribution in [3.63, 3.8) is 0 Å². The largest absolute Gasteiger partial charge is 0.480 e. The van der Waals surface area contributed by atoms with E-state index in [1.165, 1.54) is 18.2 Å². The van der Waals surface area contributed by atoms with Crippen LogP contribution in [0.2, 0.25) is 0 Å². The van der Waals surface area contributed by atoms with Gasteiger partial charge >= 0.3 is 5.97 Å². The second-order valence-corrected chi connectivity index (χ2v) is 3.94. The minimum Gasteiger partial charge on any atom is -0.480 e. The number of nitrogens with one attached hydrogen (secondary N) is 1. The van der Waals surface area contributed by atoms with Gasteiger partial charge in [0.2, 0.25) is 0 Å². The van der Waals surface area contributed by atoms with Crippen LogP contribution in [0.5, 0.6) is 0 Å². The van der Waals surface area contributed by atoms with E-state index in [0.29, 0.717) is 4.47 Å². The van der Waals surface area contributed by atoms with E-state index in [0.717, 1.165) is 0 Å². The summed E-state index contributed by atoms with van der Waals surface area (Å²) in [5.41, 5.74) is 0.0529. The second-order valence-electron chi connectivity index (χ2n) is 3.02. The number of aliphatic carboxylic acids is 1. The van der Waals surface area contributed by atoms with Gasteiger partial charge in [0.15, 0.2) is 0 Å². The van der Waals surface area contributed by atoms with Crippen LogP contribution in [-0.4, -0.2) is 17.6 Å². The van der Waals surface area contributed by atoms with E-state index in [4.69, 9.17) is 11.5 Å². The molecule has 2 N–H and O–H groups in total. The lowest BCUT2D eigenvalue weighted by Crippen LogP contribution is -2.29. The first-order valence-electron chi connectivity index (χ1n) is 4.41. The third-order valence-electron chi connectivity index (χ3n) is 1.92. The Hall–Kier alpha value is -1.38. The quantitative estimate of drug-likeness (QED) is 0.832. The van der Waals surface area contributed by atoms with Crippen molar-refractivity contribution in [1.82, 2.24) is 5.32 Å². The summed E-state index contributed by atoms with van der Waals surface area (Å²) in [6.07, 6.45) is 5.01. The van der Waals surface area contributed by atoms with Crippen molar-refractivity contribution < 1.29 is 14.3 Å². The Bertz CT molecular complexity index is 442. The van der Waals surface area contributed by atoms with Gasteiger partial charge in [-0.2, -0.15) is 0 Å². The van der Waals surface area contributed by atoms with Crippen LogP contribution in [-0.2, 0) is 4.79 Å². The summed E-state index contributed by atoms with van der Waals surface area (Å²) < 4.78 is 14.0. The highest BCUT2D eigenvalue weighted by Gasteiger charge is 2.22. The number of carboxylic acids is 1. The molecule has 3 nitrogen and oxygen atoms in total. The molecule has 0 spiro atoms. The van der Waals surface area contributed by atoms with Crippen LogP contribution in [0, 0.1) is 18.2 Å². The third-order valence-corrected chi connectivity index (χ3v) is 2.42. The van der Waals surface area contributed by atoms with E-state index in [1.54, 1.807) is 0 Å². The van der Waals surface area contributed by atoms with Crippen LogP contribution >= 0.6 is 15.9 Å². The zero-order chi connectivity index (χ0) is 12.1. The molecule has 0 saturated carbocycles. The van der Waals surface area contributed by atoms with Crippen molar-refractivity contribution in [1.29, 1.82) is 0 Å². The lowest BCUT2D eigenvalue weighted by Gasteiger charge is -2.14. The molecule has 16 heavy (non-hydrogen) atoms. The molecule has 1 unspecified atom stereocenters. The van der Waals surface area contributed by atoms with E-state index in [-0.39, 0.29) is 12.1 Å². The fourth-order valence-corrected chi connectivity index (χ4v) is 1.61. The van der Waals surface area contributed by atoms with Gasteiger partial charge in [0.25, 0.3) is 0 Å². The topological polar surface area (TPSA) is 49.3 Å². The minimum atomic E-state index is -1.17. The summed E-state index contributed by atoms with van der Waals surface area (Å²) in [4.78, 5) is 11.0. The molecule has 0 fully saturated rings. The van der Waals surface area contributed by atoms with E-state index < -0.39 is 17.8 Å². The Morgan fingerprint density at radius 2 is 2.38 bits per heavy atom. The Morgan fingerprint density at radius 1 is 1.69 bits per heavy atom. The van der Waals surface area contributed by atoms with Gasteiger partial charge in [0.05, 0.1) is 6.54 Å². The first kappa shape index (κ1) is 12.7. The van der Waals surface area contributed by atoms with Crippen LogP contribution in [0.4, 0.5) is 4.39 Å². The molecule has 0 bridgehead atoms. The minimum absolute atomic E-state index is 0.0529. The number of terminal acetylenes is 1. The highest BCUT2D eigenvalue weighted by Crippen LogP contribution is 2.21. The Morgan fingerprint density at radius 3 is 2.94 bits per heavy atom. The van der Waals surface area contributed by atoms with Crippen LogP contribution in [0.3, 0.4) is 0 Å². The summed E-state index contributed by atoms with van der Waals surface area (Å²) in [5, 5.41) is 11.5. The predicted octanol–water partition coefficient (Wildman–Crippen LogP) is 1.94. The summed E-state index contributed by atoms with van der Waals surface area (Å²) in [6.45, 7) is 0.0585. The summed E-state index contributed by atoms with van der Waals surface area (Å²) in [5.74, 6) is 0.491. The highest BCUT2D eigenvalue weighted by molar-refractivity contribution is 9.10. The molecule has 1 aromatic carbocycles. The molecule has 1 atom stereocenters. The summed E-state index contributed by atoms with van der Waals surface area (Å²) >= 11 is 3.15. The molecule has 1 rings (SSSR count). The fraction of sp³-hybridized carbons (Fsp3) is 0.182. The van der Waals surface area contributed by atoms with Crippen molar-refractivity contribution in [2.75, 3.05) is 6.54 Å². The lowest BCUT2D eigenvalue weighted by atomic mass is 10.1. The molecular formula is C11H9BrFNO2. The molecule has 0 saturated heterocycles. The monoisotopic (exact) mass is 285 g/mol. The standard InChI is InChI=1S/C11H9BrFNO2/c1-2-5-14-10(11(15)16)8-6-7(12)3-4-9(8)13/h1,3-4,6,10,14H,5H2,(H,15,16). The number of benzene rings is 1. The van der Waals surface area contributed by atoms with E-state index in [1.807, 2.05) is 0 Å². The zero-order valence-electron chi connectivity index (χ0n) is 8.21. The number of carbonyl (C=O) groups is 1. The molecule has 0 aromatic heterocycles. The van der Waals surface area contributed by atoms with Crippen molar-refractivity contribution in [2.24, 2.45) is 0 Å². The van der Waals surface area contributed by atoms with Gasteiger partial charge in [-0.25, -0.2) is 4.39 Å². The molecule has 0 aliphatic rings. The van der Waals surface area contributed by atoms with Crippen LogP contribution in [0.1, 0.15) is 11.6 Å². The maximum absolute atomic E-state index is 13.4. The molecule has 0 amide bonds. The fourth-order valence-electron chi connectivity index (χ4n) is 1.23. The first-order valence-corrected chi connectivity index (χ1v) is 5.20. The molecule has 1 aromatic rings. The highest BCUT2D eigenvalue weighted by atomic mass is 79.9. The van der Waals surface area contributed by atoms with Gasteiger partial charge in [0, 0.05) is 10.0 Å². The molecule has 84 valence electrons. The van der Waals surface area contributed by atoms with Gasteiger partial charge in [-0.15, -0.1) is 6.42 Å². The van der Waals surface area contributed by atoms with Crippen molar-refractivity contribution >= 4 is 21.9 Å². The van der Waals surface area contributed by atoms with Gasteiger partial charge in [0.1, 0.15) is 11.9 Å². The smallest absolute Gasteiger partial charge is 0.325 e. The maximum atomic E-state index is 13.4. The molecule has 0 aliphatic carbocycles. The molecule has 0 heterocycles. The third kappa shape index (κ3) is 3.05. The average Bonchev–Trinajstić information content (AvgIpc) is 2.23. The summed E-state index contributed by atoms with van der Waals surface area (Å²) in [6, 6.07) is 2.97. The number of halogens is 2. The van der Waals surface area contributed by atoms with Crippen molar-refractivity contribution in [3.05, 3.63) is 34.1 Å². The number of hydrogen-bond acceptors (Lipinski definition) is 2. The summed E-state index contributed by atoms with van der Waals surface area (Å²) in [7, 11) is 0. The predicted molar refractivity (Wildman–Crippen MR) is 61.3 cm³/mol. The molecular weight excluding hydrogens is 277 g/mol. The van der Waals surface area contributed by atoms with Gasteiger partial charge in [-0.3, -0.25) is 10.1 Å². The Labute approximate surface area is 101 Å². The number of carboxylic acid groups (broad SMARTS) is 1. The first-order chi connectivity index (χ1) is 7.56. The van der Waals surface area contributed by atoms with Crippen LogP contribution in [0.25, 0.3) is 0 Å². The van der Waals surface area contributed by atoms with Crippen molar-refractivity contribution in [2.45, 2.75) is 6.04 Å². The van der Waals surface area contributed by atoms with Gasteiger partial charge in [-0.1, -0.05) is 21.9 Å². The number of rotatable bonds is 4. The number of hydrogen-bond donors (Lipinski definition) is 2. The Kier molecular flexibility index (Phi) is 4.47. The lowest BCUT2D eigenvalue weighted by molar-refractivity contribution is -0.139. The van der Waals surface area contributed by atoms with Gasteiger partial charge in [-0.05, 0) is 18.2 Å². The SMILES string of the molecule is C#CCNC(C(=O)O)c1cc(Br)ccc1F. The van der Waals surface area contributed by atoms with E-state index in [2.05, 4.69) is 27.2 Å². The second kappa shape index (κ2) is 5.64. The van der Waals surface area contributed by atoms with Gasteiger partial charge < -0.3 is 5.11 Å². The van der Waals surface area contributed by atoms with E-state index in [9.17, 15) is 9.18 Å². The average molecular weight is 286 g/mol.